The van der Waals surface area contributed by atoms with E-state index in [1.165, 1.54) is 55.5 Å². The van der Waals surface area contributed by atoms with Gasteiger partial charge in [-0.3, -0.25) is 9.69 Å². The summed E-state index contributed by atoms with van der Waals surface area (Å²) in [5.41, 5.74) is 5.43. The van der Waals surface area contributed by atoms with E-state index in [1.54, 1.807) is 6.92 Å². The first-order valence-electron chi connectivity index (χ1n) is 9.18. The number of ether oxygens (including phenoxy) is 2. The molecule has 0 saturated heterocycles. The molecule has 1 heterocycles. The van der Waals surface area contributed by atoms with Crippen LogP contribution in [0.4, 0.5) is 13.2 Å². The molecule has 0 aliphatic carbocycles. The number of aryl methyl sites for hydroxylation is 1. The van der Waals surface area contributed by atoms with Gasteiger partial charge in [0.15, 0.2) is 11.5 Å². The highest BCUT2D eigenvalue weighted by atomic mass is 19.3. The third kappa shape index (κ3) is 4.07. The SMILES string of the molecule is COCC#Cc1cc([C@]2(c3ccc(OC(F)F)c(C)c3)N=C(N)N(C)C2=O)ccc1F. The van der Waals surface area contributed by atoms with E-state index >= 15 is 0 Å². The fourth-order valence-corrected chi connectivity index (χ4v) is 3.34. The molecule has 9 heteroatoms. The zero-order valence-electron chi connectivity index (χ0n) is 17.1. The van der Waals surface area contributed by atoms with E-state index in [0.29, 0.717) is 16.7 Å². The summed E-state index contributed by atoms with van der Waals surface area (Å²) in [6.45, 7) is -1.32. The molecule has 0 fully saturated rings. The minimum absolute atomic E-state index is 0.0325. The second kappa shape index (κ2) is 8.70. The van der Waals surface area contributed by atoms with Crippen molar-refractivity contribution < 1.29 is 27.4 Å². The maximum atomic E-state index is 14.3. The quantitative estimate of drug-likeness (QED) is 0.739. The number of methoxy groups -OCH3 is 1. The van der Waals surface area contributed by atoms with Crippen molar-refractivity contribution in [2.24, 2.45) is 10.7 Å². The second-order valence-corrected chi connectivity index (χ2v) is 6.83. The minimum Gasteiger partial charge on any atom is -0.435 e. The van der Waals surface area contributed by atoms with Crippen molar-refractivity contribution in [3.05, 3.63) is 64.5 Å². The Bertz CT molecular complexity index is 1110. The maximum absolute atomic E-state index is 14.3. The number of nitrogens with zero attached hydrogens (tertiary/aromatic N) is 2. The smallest absolute Gasteiger partial charge is 0.387 e. The summed E-state index contributed by atoms with van der Waals surface area (Å²) in [5, 5.41) is 0. The third-order valence-corrected chi connectivity index (χ3v) is 4.87. The summed E-state index contributed by atoms with van der Waals surface area (Å²) in [6, 6.07) is 8.34. The van der Waals surface area contributed by atoms with Crippen molar-refractivity contribution in [3.63, 3.8) is 0 Å². The van der Waals surface area contributed by atoms with E-state index < -0.39 is 23.9 Å². The molecule has 0 spiro atoms. The van der Waals surface area contributed by atoms with Gasteiger partial charge in [-0.15, -0.1) is 0 Å². The van der Waals surface area contributed by atoms with Gasteiger partial charge in [-0.2, -0.15) is 8.78 Å². The second-order valence-electron chi connectivity index (χ2n) is 6.83. The number of carbonyl (C=O) groups excluding carboxylic acids is 1. The highest BCUT2D eigenvalue weighted by molar-refractivity contribution is 6.09. The molecular weight excluding hydrogens is 411 g/mol. The molecule has 162 valence electrons. The molecule has 31 heavy (non-hydrogen) atoms. The Labute approximate surface area is 177 Å². The number of rotatable bonds is 5. The molecule has 3 rings (SSSR count). The van der Waals surface area contributed by atoms with Crippen molar-refractivity contribution in [2.75, 3.05) is 20.8 Å². The molecule has 2 aromatic carbocycles. The van der Waals surface area contributed by atoms with Gasteiger partial charge in [0.1, 0.15) is 18.2 Å². The number of hydrogen-bond donors (Lipinski definition) is 1. The number of carbonyl (C=O) groups is 1. The number of halogens is 3. The average Bonchev–Trinajstić information content (AvgIpc) is 2.95. The van der Waals surface area contributed by atoms with Crippen molar-refractivity contribution in [2.45, 2.75) is 19.1 Å². The molecule has 2 aromatic rings. The Morgan fingerprint density at radius 2 is 1.90 bits per heavy atom. The predicted octanol–water partition coefficient (Wildman–Crippen LogP) is 2.76. The number of benzene rings is 2. The van der Waals surface area contributed by atoms with Crippen LogP contribution in [0.5, 0.6) is 5.75 Å². The minimum atomic E-state index is -2.99. The fraction of sp³-hybridized carbons (Fsp3) is 0.273. The number of likely N-dealkylation sites (N-methyl/N-ethyl adjacent to an activating group) is 1. The highest BCUT2D eigenvalue weighted by Gasteiger charge is 2.49. The van der Waals surface area contributed by atoms with E-state index in [0.717, 1.165) is 0 Å². The zero-order valence-corrected chi connectivity index (χ0v) is 17.1. The monoisotopic (exact) mass is 431 g/mol. The summed E-state index contributed by atoms with van der Waals surface area (Å²) >= 11 is 0. The lowest BCUT2D eigenvalue weighted by Crippen LogP contribution is -2.41. The number of hydrogen-bond acceptors (Lipinski definition) is 5. The first-order valence-corrected chi connectivity index (χ1v) is 9.18. The van der Waals surface area contributed by atoms with Crippen LogP contribution in [0.25, 0.3) is 0 Å². The topological polar surface area (TPSA) is 77.2 Å². The van der Waals surface area contributed by atoms with Crippen LogP contribution < -0.4 is 10.5 Å². The largest absolute Gasteiger partial charge is 0.435 e. The average molecular weight is 431 g/mol. The first-order chi connectivity index (χ1) is 14.7. The number of guanidine groups is 1. The van der Waals surface area contributed by atoms with Crippen LogP contribution in [0.15, 0.2) is 41.4 Å². The van der Waals surface area contributed by atoms with Gasteiger partial charge >= 0.3 is 6.61 Å². The van der Waals surface area contributed by atoms with E-state index in [4.69, 9.17) is 10.5 Å². The van der Waals surface area contributed by atoms with Crippen LogP contribution in [-0.2, 0) is 15.1 Å². The van der Waals surface area contributed by atoms with E-state index in [2.05, 4.69) is 21.6 Å². The van der Waals surface area contributed by atoms with Crippen LogP contribution in [-0.4, -0.2) is 44.1 Å². The Kier molecular flexibility index (Phi) is 6.22. The van der Waals surface area contributed by atoms with E-state index in [1.807, 2.05) is 0 Å². The summed E-state index contributed by atoms with van der Waals surface area (Å²) in [5.74, 6) is 4.22. The van der Waals surface area contributed by atoms with Crippen molar-refractivity contribution in [1.82, 2.24) is 4.90 Å². The fourth-order valence-electron chi connectivity index (χ4n) is 3.34. The molecule has 0 radical (unpaired) electrons. The maximum Gasteiger partial charge on any atom is 0.387 e. The molecule has 0 bridgehead atoms. The summed E-state index contributed by atoms with van der Waals surface area (Å²) in [7, 11) is 2.93. The van der Waals surface area contributed by atoms with Crippen molar-refractivity contribution in [3.8, 4) is 17.6 Å². The number of nitrogens with two attached hydrogens (primary N) is 1. The lowest BCUT2D eigenvalue weighted by molar-refractivity contribution is -0.129. The molecule has 1 amide bonds. The molecule has 0 aromatic heterocycles. The van der Waals surface area contributed by atoms with Crippen LogP contribution >= 0.6 is 0 Å². The van der Waals surface area contributed by atoms with Crippen molar-refractivity contribution in [1.29, 1.82) is 0 Å². The van der Waals surface area contributed by atoms with Crippen molar-refractivity contribution >= 4 is 11.9 Å². The number of amides is 1. The van der Waals surface area contributed by atoms with Gasteiger partial charge in [-0.1, -0.05) is 24.0 Å². The van der Waals surface area contributed by atoms with Gasteiger partial charge < -0.3 is 15.2 Å². The summed E-state index contributed by atoms with van der Waals surface area (Å²) < 4.78 is 48.9. The Morgan fingerprint density at radius 3 is 2.48 bits per heavy atom. The number of alkyl halides is 2. The molecule has 1 aliphatic rings. The van der Waals surface area contributed by atoms with Gasteiger partial charge in [-0.05, 0) is 47.9 Å². The number of aliphatic imine (C=N–C) groups is 1. The molecule has 0 saturated carbocycles. The highest BCUT2D eigenvalue weighted by Crippen LogP contribution is 2.41. The van der Waals surface area contributed by atoms with Gasteiger partial charge in [0.05, 0.1) is 5.56 Å². The standard InChI is InChI=1S/C22H20F3N3O3/c1-13-11-15(7-9-18(13)31-20(24)25)22(19(29)28(2)21(26)27-22)16-6-8-17(23)14(12-16)5-4-10-30-3/h6-9,11-12,20H,10H2,1-3H3,(H2,26,27)/t22-/m0/s1. The van der Waals surface area contributed by atoms with Gasteiger partial charge in [-0.25, -0.2) is 9.38 Å². The lowest BCUT2D eigenvalue weighted by atomic mass is 9.81. The summed E-state index contributed by atoms with van der Waals surface area (Å²) in [6.07, 6.45) is 0. The Balaban J connectivity index is 2.20. The summed E-state index contributed by atoms with van der Waals surface area (Å²) in [4.78, 5) is 18.9. The molecule has 6 nitrogen and oxygen atoms in total. The van der Waals surface area contributed by atoms with Crippen LogP contribution in [0.2, 0.25) is 0 Å². The van der Waals surface area contributed by atoms with Gasteiger partial charge in [0.2, 0.25) is 0 Å². The molecular formula is C22H20F3N3O3. The first kappa shape index (κ1) is 22.2. The zero-order chi connectivity index (χ0) is 22.8. The third-order valence-electron chi connectivity index (χ3n) is 4.87. The van der Waals surface area contributed by atoms with Gasteiger partial charge in [0, 0.05) is 14.2 Å². The van der Waals surface area contributed by atoms with Crippen LogP contribution in [0.1, 0.15) is 22.3 Å². The van der Waals surface area contributed by atoms with E-state index in [9.17, 15) is 18.0 Å². The molecule has 0 unspecified atom stereocenters. The molecule has 1 atom stereocenters. The van der Waals surface area contributed by atoms with Crippen LogP contribution in [0.3, 0.4) is 0 Å². The molecule has 1 aliphatic heterocycles. The normalized spacial score (nSPS) is 18.1. The Hall–Kier alpha value is -3.51. The predicted molar refractivity (Wildman–Crippen MR) is 108 cm³/mol. The lowest BCUT2D eigenvalue weighted by Gasteiger charge is -2.27. The van der Waals surface area contributed by atoms with E-state index in [-0.39, 0.29) is 23.9 Å². The van der Waals surface area contributed by atoms with Crippen LogP contribution in [0, 0.1) is 24.6 Å². The van der Waals surface area contributed by atoms with Gasteiger partial charge in [0.25, 0.3) is 5.91 Å². The Morgan fingerprint density at radius 1 is 1.23 bits per heavy atom. The molecule has 2 N–H and O–H groups in total.